The molecule has 1 heterocycles. The van der Waals surface area contributed by atoms with Crippen molar-refractivity contribution in [2.45, 2.75) is 65.4 Å². The maximum atomic E-state index is 12.5. The highest BCUT2D eigenvalue weighted by Crippen LogP contribution is 2.21. The average Bonchev–Trinajstić information content (AvgIpc) is 2.76. The summed E-state index contributed by atoms with van der Waals surface area (Å²) in [4.78, 5) is 0.266. The van der Waals surface area contributed by atoms with Crippen molar-refractivity contribution >= 4 is 10.0 Å². The largest absolute Gasteiger partial charge is 0.309 e. The van der Waals surface area contributed by atoms with E-state index in [-0.39, 0.29) is 16.4 Å². The zero-order chi connectivity index (χ0) is 16.3. The van der Waals surface area contributed by atoms with Gasteiger partial charge in [0.15, 0.2) is 0 Å². The van der Waals surface area contributed by atoms with Crippen LogP contribution >= 0.6 is 0 Å². The first kappa shape index (κ1) is 18.1. The Morgan fingerprint density at radius 2 is 1.95 bits per heavy atom. The predicted octanol–water partition coefficient (Wildman–Crippen LogP) is 1.93. The standard InChI is InChI=1S/C14H28N4O2S/c1-7-14(5,6)9-16-21(19,20)13-11(4)17-18-12(13)8-15-10(2)3/h10,15-16H,7-9H2,1-6H3,(H,17,18). The molecular weight excluding hydrogens is 288 g/mol. The Kier molecular flexibility index (Phi) is 5.95. The molecule has 0 saturated carbocycles. The maximum absolute atomic E-state index is 12.5. The van der Waals surface area contributed by atoms with E-state index in [9.17, 15) is 8.42 Å². The Labute approximate surface area is 128 Å². The molecule has 0 aromatic carbocycles. The Balaban J connectivity index is 2.95. The Morgan fingerprint density at radius 3 is 2.48 bits per heavy atom. The number of aromatic amines is 1. The van der Waals surface area contributed by atoms with Crippen LogP contribution in [0.2, 0.25) is 0 Å². The molecule has 6 nitrogen and oxygen atoms in total. The number of H-pyrrole nitrogens is 1. The molecule has 1 rings (SSSR count). The van der Waals surface area contributed by atoms with Crippen LogP contribution in [0.5, 0.6) is 0 Å². The second kappa shape index (κ2) is 6.89. The monoisotopic (exact) mass is 316 g/mol. The van der Waals surface area contributed by atoms with E-state index in [4.69, 9.17) is 0 Å². The van der Waals surface area contributed by atoms with E-state index in [1.165, 1.54) is 0 Å². The van der Waals surface area contributed by atoms with Gasteiger partial charge in [-0.25, -0.2) is 13.1 Å². The number of hydrogen-bond acceptors (Lipinski definition) is 4. The quantitative estimate of drug-likeness (QED) is 0.684. The zero-order valence-corrected chi connectivity index (χ0v) is 14.7. The van der Waals surface area contributed by atoms with Crippen molar-refractivity contribution in [1.29, 1.82) is 0 Å². The van der Waals surface area contributed by atoms with Gasteiger partial charge in [0.25, 0.3) is 0 Å². The van der Waals surface area contributed by atoms with Crippen LogP contribution in [0.3, 0.4) is 0 Å². The van der Waals surface area contributed by atoms with E-state index >= 15 is 0 Å². The van der Waals surface area contributed by atoms with Crippen LogP contribution in [0.15, 0.2) is 4.90 Å². The molecule has 7 heteroatoms. The summed E-state index contributed by atoms with van der Waals surface area (Å²) in [7, 11) is -3.55. The van der Waals surface area contributed by atoms with Gasteiger partial charge >= 0.3 is 0 Å². The predicted molar refractivity (Wildman–Crippen MR) is 84.6 cm³/mol. The zero-order valence-electron chi connectivity index (χ0n) is 13.9. The van der Waals surface area contributed by atoms with Gasteiger partial charge in [0.2, 0.25) is 10.0 Å². The molecule has 1 aromatic rings. The summed E-state index contributed by atoms with van der Waals surface area (Å²) < 4.78 is 27.8. The minimum absolute atomic E-state index is 0.0684. The van der Waals surface area contributed by atoms with Gasteiger partial charge in [0.05, 0.1) is 11.4 Å². The summed E-state index contributed by atoms with van der Waals surface area (Å²) in [5, 5.41) is 10.1. The summed E-state index contributed by atoms with van der Waals surface area (Å²) in [6.07, 6.45) is 0.904. The van der Waals surface area contributed by atoms with Crippen LogP contribution in [0.25, 0.3) is 0 Å². The molecular formula is C14H28N4O2S. The molecule has 0 bridgehead atoms. The van der Waals surface area contributed by atoms with Gasteiger partial charge in [0, 0.05) is 19.1 Å². The lowest BCUT2D eigenvalue weighted by Gasteiger charge is -2.22. The molecule has 0 spiro atoms. The lowest BCUT2D eigenvalue weighted by Crippen LogP contribution is -2.34. The summed E-state index contributed by atoms with van der Waals surface area (Å²) in [5.74, 6) is 0. The summed E-state index contributed by atoms with van der Waals surface area (Å²) in [6, 6.07) is 0.268. The number of nitrogens with zero attached hydrogens (tertiary/aromatic N) is 1. The number of aromatic nitrogens is 2. The molecule has 0 aliphatic rings. The number of aryl methyl sites for hydroxylation is 1. The first-order chi connectivity index (χ1) is 9.59. The van der Waals surface area contributed by atoms with E-state index in [0.717, 1.165) is 6.42 Å². The SMILES string of the molecule is CCC(C)(C)CNS(=O)(=O)c1c(CNC(C)C)n[nH]c1C. The fourth-order valence-corrected chi connectivity index (χ4v) is 3.34. The summed E-state index contributed by atoms with van der Waals surface area (Å²) >= 11 is 0. The van der Waals surface area contributed by atoms with Crippen LogP contribution in [0, 0.1) is 12.3 Å². The third-order valence-electron chi connectivity index (χ3n) is 3.61. The van der Waals surface area contributed by atoms with Crippen molar-refractivity contribution in [3.63, 3.8) is 0 Å². The molecule has 3 N–H and O–H groups in total. The van der Waals surface area contributed by atoms with Gasteiger partial charge in [0.1, 0.15) is 4.90 Å². The molecule has 21 heavy (non-hydrogen) atoms. The third-order valence-corrected chi connectivity index (χ3v) is 5.21. The Bertz CT molecular complexity index is 562. The highest BCUT2D eigenvalue weighted by molar-refractivity contribution is 7.89. The minimum Gasteiger partial charge on any atom is -0.309 e. The normalized spacial score (nSPS) is 13.1. The van der Waals surface area contributed by atoms with E-state index in [2.05, 4.69) is 27.2 Å². The van der Waals surface area contributed by atoms with Crippen molar-refractivity contribution in [3.8, 4) is 0 Å². The second-order valence-corrected chi connectivity index (χ2v) is 8.21. The number of sulfonamides is 1. The third kappa shape index (κ3) is 5.09. The van der Waals surface area contributed by atoms with Crippen LogP contribution in [0.4, 0.5) is 0 Å². The van der Waals surface area contributed by atoms with Crippen LogP contribution in [0.1, 0.15) is 52.4 Å². The number of rotatable bonds is 8. The van der Waals surface area contributed by atoms with E-state index in [0.29, 0.717) is 24.5 Å². The van der Waals surface area contributed by atoms with Crippen LogP contribution in [-0.2, 0) is 16.6 Å². The molecule has 122 valence electrons. The van der Waals surface area contributed by atoms with Crippen LogP contribution < -0.4 is 10.0 Å². The lowest BCUT2D eigenvalue weighted by atomic mass is 9.91. The molecule has 0 amide bonds. The fourth-order valence-electron chi connectivity index (χ4n) is 1.73. The van der Waals surface area contributed by atoms with Gasteiger partial charge in [-0.15, -0.1) is 0 Å². The first-order valence-electron chi connectivity index (χ1n) is 7.36. The summed E-state index contributed by atoms with van der Waals surface area (Å²) in [5.41, 5.74) is 1.03. The van der Waals surface area contributed by atoms with E-state index < -0.39 is 10.0 Å². The van der Waals surface area contributed by atoms with Gasteiger partial charge in [-0.3, -0.25) is 5.10 Å². The molecule has 0 atom stereocenters. The minimum atomic E-state index is -3.55. The van der Waals surface area contributed by atoms with Crippen molar-refractivity contribution in [3.05, 3.63) is 11.4 Å². The Morgan fingerprint density at radius 1 is 1.33 bits per heavy atom. The van der Waals surface area contributed by atoms with E-state index in [1.54, 1.807) is 6.92 Å². The fraction of sp³-hybridized carbons (Fsp3) is 0.786. The molecule has 0 aliphatic carbocycles. The molecule has 0 saturated heterocycles. The highest BCUT2D eigenvalue weighted by atomic mass is 32.2. The lowest BCUT2D eigenvalue weighted by molar-refractivity contribution is 0.350. The molecule has 0 fully saturated rings. The van der Waals surface area contributed by atoms with Crippen molar-refractivity contribution < 1.29 is 8.42 Å². The molecule has 1 aromatic heterocycles. The smallest absolute Gasteiger partial charge is 0.244 e. The highest BCUT2D eigenvalue weighted by Gasteiger charge is 2.26. The van der Waals surface area contributed by atoms with E-state index in [1.807, 2.05) is 27.7 Å². The maximum Gasteiger partial charge on any atom is 0.244 e. The average molecular weight is 316 g/mol. The van der Waals surface area contributed by atoms with Crippen molar-refractivity contribution in [2.75, 3.05) is 6.54 Å². The molecule has 0 radical (unpaired) electrons. The van der Waals surface area contributed by atoms with Gasteiger partial charge in [-0.05, 0) is 18.8 Å². The second-order valence-electron chi connectivity index (χ2n) is 6.50. The number of hydrogen-bond donors (Lipinski definition) is 3. The van der Waals surface area contributed by atoms with Crippen molar-refractivity contribution in [1.82, 2.24) is 20.2 Å². The topological polar surface area (TPSA) is 86.9 Å². The first-order valence-corrected chi connectivity index (χ1v) is 8.84. The summed E-state index contributed by atoms with van der Waals surface area (Å²) in [6.45, 7) is 12.7. The van der Waals surface area contributed by atoms with Gasteiger partial charge in [-0.1, -0.05) is 34.6 Å². The van der Waals surface area contributed by atoms with Crippen LogP contribution in [-0.4, -0.2) is 31.2 Å². The van der Waals surface area contributed by atoms with Gasteiger partial charge in [-0.2, -0.15) is 5.10 Å². The number of nitrogens with one attached hydrogen (secondary N) is 3. The van der Waals surface area contributed by atoms with Crippen molar-refractivity contribution in [2.24, 2.45) is 5.41 Å². The Hall–Kier alpha value is -0.920. The molecule has 0 unspecified atom stereocenters. The van der Waals surface area contributed by atoms with Gasteiger partial charge < -0.3 is 5.32 Å². The molecule has 0 aliphatic heterocycles.